The minimum atomic E-state index is 0.421. The van der Waals surface area contributed by atoms with Gasteiger partial charge in [-0.2, -0.15) is 0 Å². The molecule has 0 aliphatic carbocycles. The molecule has 1 fully saturated rings. The van der Waals surface area contributed by atoms with Crippen molar-refractivity contribution in [1.29, 1.82) is 0 Å². The topological polar surface area (TPSA) is 37.4 Å². The van der Waals surface area contributed by atoms with Crippen LogP contribution in [0.15, 0.2) is 12.1 Å². The summed E-state index contributed by atoms with van der Waals surface area (Å²) >= 11 is 0. The van der Waals surface area contributed by atoms with Crippen molar-refractivity contribution >= 4 is 5.82 Å². The third-order valence-corrected chi connectivity index (χ3v) is 4.02. The van der Waals surface area contributed by atoms with Crippen LogP contribution in [-0.2, 0) is 11.3 Å². The highest BCUT2D eigenvalue weighted by Gasteiger charge is 2.19. The van der Waals surface area contributed by atoms with Gasteiger partial charge in [0, 0.05) is 32.4 Å². The number of nitrogens with one attached hydrogen (secondary N) is 1. The smallest absolute Gasteiger partial charge is 0.128 e. The summed E-state index contributed by atoms with van der Waals surface area (Å²) in [5.41, 5.74) is 2.44. The van der Waals surface area contributed by atoms with E-state index in [1.807, 2.05) is 0 Å². The SMILES string of the molecule is CCCNCc1ccc(N2CCC(OC)CC2)nc1C. The standard InChI is InChI=1S/C16H27N3O/c1-4-9-17-12-14-5-6-16(18-13(14)2)19-10-7-15(20-3)8-11-19/h5-6,15,17H,4,7-12H2,1-3H3. The monoisotopic (exact) mass is 277 g/mol. The Balaban J connectivity index is 1.95. The lowest BCUT2D eigenvalue weighted by Gasteiger charge is -2.32. The molecule has 0 atom stereocenters. The number of piperidine rings is 1. The maximum Gasteiger partial charge on any atom is 0.128 e. The lowest BCUT2D eigenvalue weighted by Crippen LogP contribution is -2.37. The average Bonchev–Trinajstić information content (AvgIpc) is 2.49. The molecule has 0 saturated carbocycles. The molecule has 2 rings (SSSR count). The van der Waals surface area contributed by atoms with E-state index in [0.29, 0.717) is 6.10 Å². The predicted octanol–water partition coefficient (Wildman–Crippen LogP) is 2.50. The first kappa shape index (κ1) is 15.3. The van der Waals surface area contributed by atoms with Gasteiger partial charge in [-0.3, -0.25) is 0 Å². The zero-order chi connectivity index (χ0) is 14.4. The highest BCUT2D eigenvalue weighted by atomic mass is 16.5. The van der Waals surface area contributed by atoms with Crippen molar-refractivity contribution in [2.24, 2.45) is 0 Å². The zero-order valence-corrected chi connectivity index (χ0v) is 13.0. The van der Waals surface area contributed by atoms with Crippen LogP contribution in [0.25, 0.3) is 0 Å². The van der Waals surface area contributed by atoms with Crippen LogP contribution in [0, 0.1) is 6.92 Å². The lowest BCUT2D eigenvalue weighted by molar-refractivity contribution is 0.0818. The fraction of sp³-hybridized carbons (Fsp3) is 0.688. The van der Waals surface area contributed by atoms with Crippen molar-refractivity contribution in [1.82, 2.24) is 10.3 Å². The Bertz CT molecular complexity index is 414. The van der Waals surface area contributed by atoms with Gasteiger partial charge in [0.2, 0.25) is 0 Å². The van der Waals surface area contributed by atoms with Gasteiger partial charge in [-0.15, -0.1) is 0 Å². The molecule has 0 amide bonds. The van der Waals surface area contributed by atoms with Crippen molar-refractivity contribution in [2.45, 2.75) is 45.8 Å². The van der Waals surface area contributed by atoms with Crippen molar-refractivity contribution in [2.75, 3.05) is 31.6 Å². The number of aryl methyl sites for hydroxylation is 1. The van der Waals surface area contributed by atoms with Crippen LogP contribution in [0.4, 0.5) is 5.82 Å². The van der Waals surface area contributed by atoms with E-state index in [1.165, 1.54) is 12.0 Å². The van der Waals surface area contributed by atoms with Crippen LogP contribution in [-0.4, -0.2) is 37.8 Å². The number of hydrogen-bond acceptors (Lipinski definition) is 4. The molecule has 2 heterocycles. The van der Waals surface area contributed by atoms with Gasteiger partial charge in [-0.25, -0.2) is 4.98 Å². The van der Waals surface area contributed by atoms with Crippen molar-refractivity contribution in [3.8, 4) is 0 Å². The van der Waals surface area contributed by atoms with E-state index < -0.39 is 0 Å². The molecule has 1 aliphatic heterocycles. The first-order valence-electron chi connectivity index (χ1n) is 7.69. The van der Waals surface area contributed by atoms with Gasteiger partial charge in [0.25, 0.3) is 0 Å². The van der Waals surface area contributed by atoms with E-state index in [1.54, 1.807) is 7.11 Å². The molecule has 1 aromatic heterocycles. The second-order valence-electron chi connectivity index (χ2n) is 5.51. The van der Waals surface area contributed by atoms with Crippen molar-refractivity contribution in [3.63, 3.8) is 0 Å². The molecule has 0 bridgehead atoms. The Hall–Kier alpha value is -1.13. The molecule has 1 N–H and O–H groups in total. The van der Waals surface area contributed by atoms with Gasteiger partial charge < -0.3 is 15.0 Å². The fourth-order valence-corrected chi connectivity index (χ4v) is 2.66. The molecule has 20 heavy (non-hydrogen) atoms. The molecule has 4 heteroatoms. The maximum absolute atomic E-state index is 5.42. The summed E-state index contributed by atoms with van der Waals surface area (Å²) in [5, 5.41) is 3.43. The number of methoxy groups -OCH3 is 1. The normalized spacial score (nSPS) is 16.6. The highest BCUT2D eigenvalue weighted by molar-refractivity contribution is 5.42. The Morgan fingerprint density at radius 1 is 1.35 bits per heavy atom. The van der Waals surface area contributed by atoms with E-state index in [0.717, 1.165) is 50.5 Å². The van der Waals surface area contributed by atoms with Crippen molar-refractivity contribution < 1.29 is 4.74 Å². The third-order valence-electron chi connectivity index (χ3n) is 4.02. The third kappa shape index (κ3) is 3.93. The number of rotatable bonds is 6. The summed E-state index contributed by atoms with van der Waals surface area (Å²) < 4.78 is 5.42. The molecule has 0 aromatic carbocycles. The van der Waals surface area contributed by atoms with Crippen LogP contribution < -0.4 is 10.2 Å². The predicted molar refractivity (Wildman–Crippen MR) is 83.2 cm³/mol. The summed E-state index contributed by atoms with van der Waals surface area (Å²) in [5.74, 6) is 1.11. The summed E-state index contributed by atoms with van der Waals surface area (Å²) in [6.45, 7) is 8.35. The molecule has 112 valence electrons. The summed E-state index contributed by atoms with van der Waals surface area (Å²) in [7, 11) is 1.81. The van der Waals surface area contributed by atoms with Gasteiger partial charge in [0.15, 0.2) is 0 Å². The lowest BCUT2D eigenvalue weighted by atomic mass is 10.1. The van der Waals surface area contributed by atoms with E-state index in [9.17, 15) is 0 Å². The molecule has 0 spiro atoms. The number of aromatic nitrogens is 1. The molecule has 4 nitrogen and oxygen atoms in total. The Morgan fingerprint density at radius 2 is 2.10 bits per heavy atom. The second-order valence-corrected chi connectivity index (χ2v) is 5.51. The van der Waals surface area contributed by atoms with Gasteiger partial charge in [-0.05, 0) is 44.4 Å². The van der Waals surface area contributed by atoms with Crippen LogP contribution in [0.2, 0.25) is 0 Å². The van der Waals surface area contributed by atoms with E-state index in [2.05, 4.69) is 36.2 Å². The second kappa shape index (κ2) is 7.60. The first-order chi connectivity index (χ1) is 9.74. The number of ether oxygens (including phenoxy) is 1. The molecule has 1 aromatic rings. The molecule has 1 aliphatic rings. The maximum atomic E-state index is 5.42. The van der Waals surface area contributed by atoms with Crippen LogP contribution in [0.5, 0.6) is 0 Å². The quantitative estimate of drug-likeness (QED) is 0.811. The zero-order valence-electron chi connectivity index (χ0n) is 13.0. The van der Waals surface area contributed by atoms with E-state index in [-0.39, 0.29) is 0 Å². The number of hydrogen-bond donors (Lipinski definition) is 1. The molecule has 0 radical (unpaired) electrons. The number of pyridine rings is 1. The molecular weight excluding hydrogens is 250 g/mol. The van der Waals surface area contributed by atoms with Gasteiger partial charge in [-0.1, -0.05) is 13.0 Å². The summed E-state index contributed by atoms with van der Waals surface area (Å²) in [6.07, 6.45) is 3.78. The number of nitrogens with zero attached hydrogens (tertiary/aromatic N) is 2. The Labute approximate surface area is 122 Å². The van der Waals surface area contributed by atoms with Gasteiger partial charge >= 0.3 is 0 Å². The minimum Gasteiger partial charge on any atom is -0.381 e. The average molecular weight is 277 g/mol. The van der Waals surface area contributed by atoms with E-state index >= 15 is 0 Å². The van der Waals surface area contributed by atoms with Crippen LogP contribution in [0.3, 0.4) is 0 Å². The fourth-order valence-electron chi connectivity index (χ4n) is 2.66. The minimum absolute atomic E-state index is 0.421. The summed E-state index contributed by atoms with van der Waals surface area (Å²) in [4.78, 5) is 7.14. The Morgan fingerprint density at radius 3 is 2.70 bits per heavy atom. The highest BCUT2D eigenvalue weighted by Crippen LogP contribution is 2.20. The molecule has 0 unspecified atom stereocenters. The van der Waals surface area contributed by atoms with Crippen LogP contribution >= 0.6 is 0 Å². The largest absolute Gasteiger partial charge is 0.381 e. The molecular formula is C16H27N3O. The Kier molecular flexibility index (Phi) is 5.80. The van der Waals surface area contributed by atoms with E-state index in [4.69, 9.17) is 9.72 Å². The molecule has 1 saturated heterocycles. The number of anilines is 1. The first-order valence-corrected chi connectivity index (χ1v) is 7.69. The van der Waals surface area contributed by atoms with Gasteiger partial charge in [0.1, 0.15) is 5.82 Å². The van der Waals surface area contributed by atoms with Gasteiger partial charge in [0.05, 0.1) is 6.10 Å². The van der Waals surface area contributed by atoms with Crippen LogP contribution in [0.1, 0.15) is 37.4 Å². The van der Waals surface area contributed by atoms with Crippen molar-refractivity contribution in [3.05, 3.63) is 23.4 Å². The summed E-state index contributed by atoms with van der Waals surface area (Å²) in [6, 6.07) is 4.37.